The lowest BCUT2D eigenvalue weighted by Gasteiger charge is -2.16. The summed E-state index contributed by atoms with van der Waals surface area (Å²) in [5.74, 6) is 0.602. The van der Waals surface area contributed by atoms with Crippen molar-refractivity contribution in [3.05, 3.63) is 35.4 Å². The molecule has 1 aliphatic rings. The highest BCUT2D eigenvalue weighted by Crippen LogP contribution is 2.32. The van der Waals surface area contributed by atoms with Crippen molar-refractivity contribution in [2.45, 2.75) is 19.4 Å². The van der Waals surface area contributed by atoms with Gasteiger partial charge in [0.05, 0.1) is 7.11 Å². The highest BCUT2D eigenvalue weighted by atomic mass is 16.5. The van der Waals surface area contributed by atoms with Crippen LogP contribution in [-0.4, -0.2) is 30.9 Å². The first-order valence-corrected chi connectivity index (χ1v) is 6.30. The van der Waals surface area contributed by atoms with Crippen molar-refractivity contribution in [2.24, 2.45) is 5.92 Å². The Labute approximate surface area is 112 Å². The van der Waals surface area contributed by atoms with Gasteiger partial charge in [-0.3, -0.25) is 0 Å². The third kappa shape index (κ3) is 3.15. The van der Waals surface area contributed by atoms with Gasteiger partial charge in [-0.15, -0.1) is 0 Å². The summed E-state index contributed by atoms with van der Waals surface area (Å²) in [6.07, 6.45) is 3.93. The fraction of sp³-hybridized carbons (Fsp3) is 0.400. The molecule has 1 aliphatic heterocycles. The largest absolute Gasteiger partial charge is 0.489 e. The summed E-state index contributed by atoms with van der Waals surface area (Å²) >= 11 is 0. The lowest BCUT2D eigenvalue weighted by atomic mass is 9.99. The van der Waals surface area contributed by atoms with Gasteiger partial charge < -0.3 is 14.6 Å². The Morgan fingerprint density at radius 1 is 1.63 bits per heavy atom. The number of methoxy groups -OCH3 is 1. The molecule has 0 aliphatic carbocycles. The highest BCUT2D eigenvalue weighted by Gasteiger charge is 2.27. The van der Waals surface area contributed by atoms with E-state index in [9.17, 15) is 4.79 Å². The quantitative estimate of drug-likeness (QED) is 0.664. The Bertz CT molecular complexity index is 493. The van der Waals surface area contributed by atoms with Crippen LogP contribution in [0.1, 0.15) is 18.1 Å². The van der Waals surface area contributed by atoms with Gasteiger partial charge in [0.25, 0.3) is 0 Å². The highest BCUT2D eigenvalue weighted by molar-refractivity contribution is 5.87. The minimum Gasteiger partial charge on any atom is -0.489 e. The van der Waals surface area contributed by atoms with Crippen molar-refractivity contribution in [1.82, 2.24) is 0 Å². The molecule has 0 saturated carbocycles. The maximum absolute atomic E-state index is 11.0. The number of hydrogen-bond donors (Lipinski definition) is 1. The Kier molecular flexibility index (Phi) is 4.22. The average molecular weight is 262 g/mol. The normalized spacial score (nSPS) is 19.0. The van der Waals surface area contributed by atoms with Gasteiger partial charge in [-0.1, -0.05) is 13.0 Å². The van der Waals surface area contributed by atoms with E-state index in [2.05, 4.69) is 4.74 Å². The van der Waals surface area contributed by atoms with Gasteiger partial charge in [0.1, 0.15) is 11.9 Å². The van der Waals surface area contributed by atoms with Gasteiger partial charge in [-0.2, -0.15) is 0 Å². The molecule has 1 N–H and O–H groups in total. The topological polar surface area (TPSA) is 55.8 Å². The van der Waals surface area contributed by atoms with E-state index in [1.807, 2.05) is 25.1 Å². The molecule has 4 heteroatoms. The zero-order valence-electron chi connectivity index (χ0n) is 11.1. The van der Waals surface area contributed by atoms with E-state index in [-0.39, 0.29) is 24.6 Å². The number of carbonyl (C=O) groups is 1. The Hall–Kier alpha value is -1.81. The molecule has 102 valence electrons. The maximum Gasteiger partial charge on any atom is 0.330 e. The van der Waals surface area contributed by atoms with E-state index in [1.54, 1.807) is 6.08 Å². The van der Waals surface area contributed by atoms with Gasteiger partial charge in [-0.25, -0.2) is 4.79 Å². The van der Waals surface area contributed by atoms with Crippen LogP contribution in [0, 0.1) is 5.92 Å². The molecule has 4 nitrogen and oxygen atoms in total. The number of esters is 1. The molecule has 1 aromatic carbocycles. The number of ether oxygens (including phenoxy) is 2. The lowest BCUT2D eigenvalue weighted by Crippen LogP contribution is -2.25. The standard InChI is InChI=1S/C15H18O4/c1-10(9-16)14-8-12-7-11(3-5-13(12)19-14)4-6-15(17)18-2/h3-7,10,14,16H,8-9H2,1-2H3/b6-4+/t10-,14+/m0/s1. The molecule has 2 rings (SSSR count). The molecular weight excluding hydrogens is 244 g/mol. The summed E-state index contributed by atoms with van der Waals surface area (Å²) in [6.45, 7) is 2.09. The smallest absolute Gasteiger partial charge is 0.330 e. The summed E-state index contributed by atoms with van der Waals surface area (Å²) in [5, 5.41) is 9.16. The van der Waals surface area contributed by atoms with E-state index < -0.39 is 0 Å². The summed E-state index contributed by atoms with van der Waals surface area (Å²) < 4.78 is 10.3. The minimum atomic E-state index is -0.372. The third-order valence-electron chi connectivity index (χ3n) is 3.32. The molecule has 0 spiro atoms. The maximum atomic E-state index is 11.0. The number of aliphatic hydroxyl groups is 1. The Morgan fingerprint density at radius 3 is 3.11 bits per heavy atom. The van der Waals surface area contributed by atoms with E-state index in [0.29, 0.717) is 0 Å². The number of carbonyl (C=O) groups excluding carboxylic acids is 1. The Morgan fingerprint density at radius 2 is 2.42 bits per heavy atom. The predicted octanol–water partition coefficient (Wildman–Crippen LogP) is 1.80. The second-order valence-corrected chi connectivity index (χ2v) is 4.74. The van der Waals surface area contributed by atoms with Crippen molar-refractivity contribution in [3.63, 3.8) is 0 Å². The molecule has 0 aromatic heterocycles. The first kappa shape index (κ1) is 13.6. The van der Waals surface area contributed by atoms with E-state index >= 15 is 0 Å². The van der Waals surface area contributed by atoms with E-state index in [0.717, 1.165) is 23.3 Å². The Balaban J connectivity index is 2.11. The first-order valence-electron chi connectivity index (χ1n) is 6.30. The number of aliphatic hydroxyl groups excluding tert-OH is 1. The van der Waals surface area contributed by atoms with Crippen LogP contribution in [0.15, 0.2) is 24.3 Å². The van der Waals surface area contributed by atoms with Crippen LogP contribution in [0.3, 0.4) is 0 Å². The predicted molar refractivity (Wildman–Crippen MR) is 71.9 cm³/mol. The fourth-order valence-corrected chi connectivity index (χ4v) is 2.07. The van der Waals surface area contributed by atoms with Gasteiger partial charge in [-0.05, 0) is 29.3 Å². The second kappa shape index (κ2) is 5.89. The van der Waals surface area contributed by atoms with E-state index in [4.69, 9.17) is 9.84 Å². The molecule has 1 aromatic rings. The molecule has 0 amide bonds. The first-order chi connectivity index (χ1) is 9.13. The van der Waals surface area contributed by atoms with Crippen LogP contribution in [0.2, 0.25) is 0 Å². The average Bonchev–Trinajstić information content (AvgIpc) is 2.86. The molecular formula is C15H18O4. The molecule has 0 fully saturated rings. The summed E-state index contributed by atoms with van der Waals surface area (Å²) in [6, 6.07) is 5.79. The third-order valence-corrected chi connectivity index (χ3v) is 3.32. The molecule has 1 heterocycles. The fourth-order valence-electron chi connectivity index (χ4n) is 2.07. The van der Waals surface area contributed by atoms with Gasteiger partial charge in [0.15, 0.2) is 0 Å². The van der Waals surface area contributed by atoms with Crippen LogP contribution in [0.4, 0.5) is 0 Å². The summed E-state index contributed by atoms with van der Waals surface area (Å²) in [7, 11) is 1.35. The molecule has 0 unspecified atom stereocenters. The molecule has 19 heavy (non-hydrogen) atoms. The zero-order chi connectivity index (χ0) is 13.8. The van der Waals surface area contributed by atoms with Gasteiger partial charge in [0.2, 0.25) is 0 Å². The summed E-state index contributed by atoms with van der Waals surface area (Å²) in [5.41, 5.74) is 2.04. The molecule has 0 radical (unpaired) electrons. The van der Waals surface area contributed by atoms with Gasteiger partial charge >= 0.3 is 5.97 Å². The number of fused-ring (bicyclic) bond motifs is 1. The van der Waals surface area contributed by atoms with Crippen molar-refractivity contribution in [2.75, 3.05) is 13.7 Å². The van der Waals surface area contributed by atoms with Crippen molar-refractivity contribution in [3.8, 4) is 5.75 Å². The SMILES string of the molecule is COC(=O)/C=C/c1ccc2c(c1)C[C@H]([C@@H](C)CO)O2. The lowest BCUT2D eigenvalue weighted by molar-refractivity contribution is -0.134. The van der Waals surface area contributed by atoms with Crippen LogP contribution >= 0.6 is 0 Å². The molecule has 0 saturated heterocycles. The van der Waals surface area contributed by atoms with Crippen LogP contribution in [0.5, 0.6) is 5.75 Å². The minimum absolute atomic E-state index is 0.0276. The van der Waals surface area contributed by atoms with Crippen molar-refractivity contribution in [1.29, 1.82) is 0 Å². The number of hydrogen-bond acceptors (Lipinski definition) is 4. The van der Waals surface area contributed by atoms with E-state index in [1.165, 1.54) is 13.2 Å². The number of benzene rings is 1. The van der Waals surface area contributed by atoms with Crippen molar-refractivity contribution < 1.29 is 19.4 Å². The van der Waals surface area contributed by atoms with Crippen molar-refractivity contribution >= 4 is 12.0 Å². The van der Waals surface area contributed by atoms with Crippen LogP contribution < -0.4 is 4.74 Å². The van der Waals surface area contributed by atoms with Gasteiger partial charge in [0, 0.05) is 25.0 Å². The van der Waals surface area contributed by atoms with Crippen LogP contribution in [-0.2, 0) is 16.0 Å². The number of rotatable bonds is 4. The molecule has 2 atom stereocenters. The summed E-state index contributed by atoms with van der Waals surface area (Å²) in [4.78, 5) is 11.0. The second-order valence-electron chi connectivity index (χ2n) is 4.74. The molecule has 0 bridgehead atoms. The van der Waals surface area contributed by atoms with Crippen LogP contribution in [0.25, 0.3) is 6.08 Å². The monoisotopic (exact) mass is 262 g/mol. The zero-order valence-corrected chi connectivity index (χ0v) is 11.1.